The van der Waals surface area contributed by atoms with Crippen molar-refractivity contribution < 1.29 is 18.3 Å². The third-order valence-corrected chi connectivity index (χ3v) is 8.72. The molecule has 1 saturated heterocycles. The highest BCUT2D eigenvalue weighted by Crippen LogP contribution is 2.34. The number of nitrogens with zero attached hydrogens (tertiary/aromatic N) is 5. The highest BCUT2D eigenvalue weighted by atomic mass is 35.5. The molecular weight excluding hydrogens is 564 g/mol. The lowest BCUT2D eigenvalue weighted by molar-refractivity contribution is -0.129. The number of aromatic nitrogens is 2. The zero-order valence-electron chi connectivity index (χ0n) is 23.7. The predicted octanol–water partition coefficient (Wildman–Crippen LogP) is 2.97. The maximum absolute atomic E-state index is 12.2. The van der Waals surface area contributed by atoms with Crippen LogP contribution in [0.2, 0.25) is 5.02 Å². The summed E-state index contributed by atoms with van der Waals surface area (Å²) in [5.41, 5.74) is 6.01. The number of nitrogens with one attached hydrogen (secondary N) is 1. The Balaban J connectivity index is 1.34. The number of aliphatic hydroxyl groups excluding tert-OH is 1. The smallest absolute Gasteiger partial charge is 0.229 e. The first-order chi connectivity index (χ1) is 19.5. The number of aliphatic hydroxyl groups is 1. The molecule has 0 bridgehead atoms. The van der Waals surface area contributed by atoms with Crippen molar-refractivity contribution in [1.29, 1.82) is 0 Å². The second-order valence-corrected chi connectivity index (χ2v) is 13.1. The minimum absolute atomic E-state index is 0.0187. The average Bonchev–Trinajstić information content (AvgIpc) is 3.27. The molecule has 1 unspecified atom stereocenters. The first kappa shape index (κ1) is 29.4. The van der Waals surface area contributed by atoms with E-state index in [2.05, 4.69) is 45.7 Å². The number of para-hydroxylation sites is 1. The summed E-state index contributed by atoms with van der Waals surface area (Å²) >= 11 is 6.27. The number of carbonyl (C=O) groups excluding carboxylic acids is 1. The molecule has 12 heteroatoms. The number of rotatable bonds is 8. The van der Waals surface area contributed by atoms with Gasteiger partial charge in [-0.15, -0.1) is 0 Å². The van der Waals surface area contributed by atoms with Crippen LogP contribution in [0.25, 0.3) is 11.3 Å². The highest BCUT2D eigenvalue weighted by molar-refractivity contribution is 7.92. The number of halogens is 1. The number of piperazine rings is 1. The zero-order valence-corrected chi connectivity index (χ0v) is 25.2. The van der Waals surface area contributed by atoms with Crippen LogP contribution in [0.3, 0.4) is 0 Å². The van der Waals surface area contributed by atoms with Gasteiger partial charge in [-0.05, 0) is 30.7 Å². The second kappa shape index (κ2) is 12.0. The minimum Gasteiger partial charge on any atom is -0.390 e. The topological polar surface area (TPSA) is 111 Å². The summed E-state index contributed by atoms with van der Waals surface area (Å²) < 4.78 is 28.1. The Morgan fingerprint density at radius 3 is 2.51 bits per heavy atom. The molecule has 2 aromatic carbocycles. The Morgan fingerprint density at radius 2 is 1.83 bits per heavy atom. The normalized spacial score (nSPS) is 16.9. The van der Waals surface area contributed by atoms with Crippen molar-refractivity contribution in [2.45, 2.75) is 39.5 Å². The molecule has 2 aliphatic rings. The lowest BCUT2D eigenvalue weighted by atomic mass is 10.0. The molecule has 1 aromatic heterocycles. The van der Waals surface area contributed by atoms with Gasteiger partial charge in [-0.3, -0.25) is 19.1 Å². The fraction of sp³-hybridized carbons (Fsp3) is 0.448. The monoisotopic (exact) mass is 600 g/mol. The van der Waals surface area contributed by atoms with Crippen LogP contribution in [0.5, 0.6) is 0 Å². The fourth-order valence-electron chi connectivity index (χ4n) is 5.74. The van der Waals surface area contributed by atoms with Crippen LogP contribution in [0.4, 0.5) is 11.4 Å². The maximum atomic E-state index is 12.2. The van der Waals surface area contributed by atoms with Crippen molar-refractivity contribution >= 4 is 38.9 Å². The van der Waals surface area contributed by atoms with Gasteiger partial charge in [0.1, 0.15) is 0 Å². The molecule has 3 aromatic rings. The number of β-amino-alcohol motifs (C(OH)–C–C–N with tert-alkyl or cyclic N) is 1. The number of hydrogen-bond acceptors (Lipinski definition) is 7. The van der Waals surface area contributed by atoms with Gasteiger partial charge in [-0.1, -0.05) is 35.9 Å². The van der Waals surface area contributed by atoms with Gasteiger partial charge in [-0.25, -0.2) is 8.42 Å². The Hall–Kier alpha value is -3.12. The van der Waals surface area contributed by atoms with E-state index < -0.39 is 16.1 Å². The molecule has 3 heterocycles. The van der Waals surface area contributed by atoms with Crippen LogP contribution in [0.15, 0.2) is 42.5 Å². The van der Waals surface area contributed by atoms with E-state index in [1.165, 1.54) is 11.3 Å². The largest absolute Gasteiger partial charge is 0.390 e. The summed E-state index contributed by atoms with van der Waals surface area (Å²) in [6.45, 7) is 9.05. The Morgan fingerprint density at radius 1 is 1.10 bits per heavy atom. The molecular formula is C29H37ClN6O4S. The lowest BCUT2D eigenvalue weighted by Crippen LogP contribution is -2.49. The standard InChI is InChI=1S/C29H37ClN6O4S/c1-20-6-4-5-7-27(20)34-14-12-33(13-15-34)17-23(38)18-36-28-10-11-35(21(2)37)19-24(28)29(31-36)22-8-9-25(30)26(16-22)32-41(3,39)40/h4-9,16,23,32,38H,10-15,17-19H2,1-3H3. The Labute approximate surface area is 246 Å². The van der Waals surface area contributed by atoms with Crippen molar-refractivity contribution in [2.24, 2.45) is 0 Å². The number of carbonyl (C=O) groups is 1. The van der Waals surface area contributed by atoms with Crippen molar-refractivity contribution in [3.8, 4) is 11.3 Å². The molecule has 0 spiro atoms. The number of amides is 1. The van der Waals surface area contributed by atoms with E-state index in [0.717, 1.165) is 43.7 Å². The van der Waals surface area contributed by atoms with Gasteiger partial charge in [-0.2, -0.15) is 5.10 Å². The van der Waals surface area contributed by atoms with Crippen LogP contribution < -0.4 is 9.62 Å². The minimum atomic E-state index is -3.54. The molecule has 1 atom stereocenters. The molecule has 41 heavy (non-hydrogen) atoms. The van der Waals surface area contributed by atoms with E-state index in [-0.39, 0.29) is 16.6 Å². The lowest BCUT2D eigenvalue weighted by Gasteiger charge is -2.37. The van der Waals surface area contributed by atoms with E-state index in [9.17, 15) is 18.3 Å². The van der Waals surface area contributed by atoms with E-state index in [1.54, 1.807) is 30.0 Å². The molecule has 1 fully saturated rings. The summed E-state index contributed by atoms with van der Waals surface area (Å²) in [7, 11) is -3.54. The molecule has 0 saturated carbocycles. The molecule has 0 radical (unpaired) electrons. The third-order valence-electron chi connectivity index (χ3n) is 7.80. The van der Waals surface area contributed by atoms with E-state index >= 15 is 0 Å². The quantitative estimate of drug-likeness (QED) is 0.409. The summed E-state index contributed by atoms with van der Waals surface area (Å²) in [5.74, 6) is -0.0187. The van der Waals surface area contributed by atoms with E-state index in [0.29, 0.717) is 43.9 Å². The van der Waals surface area contributed by atoms with Gasteiger partial charge in [0.05, 0.1) is 35.3 Å². The van der Waals surface area contributed by atoms with Gasteiger partial charge in [0.25, 0.3) is 0 Å². The van der Waals surface area contributed by atoms with Crippen LogP contribution in [-0.4, -0.2) is 90.6 Å². The highest BCUT2D eigenvalue weighted by Gasteiger charge is 2.29. The first-order valence-corrected chi connectivity index (χ1v) is 16.1. The maximum Gasteiger partial charge on any atom is 0.229 e. The molecule has 2 aliphatic heterocycles. The van der Waals surface area contributed by atoms with E-state index in [1.807, 2.05) is 4.68 Å². The number of hydrogen-bond donors (Lipinski definition) is 2. The summed E-state index contributed by atoms with van der Waals surface area (Å²) in [5, 5.41) is 16.3. The van der Waals surface area contributed by atoms with Gasteiger partial charge < -0.3 is 14.9 Å². The molecule has 220 valence electrons. The predicted molar refractivity (Wildman–Crippen MR) is 162 cm³/mol. The number of benzene rings is 2. The molecule has 0 aliphatic carbocycles. The number of anilines is 2. The Kier molecular flexibility index (Phi) is 8.60. The number of fused-ring (bicyclic) bond motifs is 1. The van der Waals surface area contributed by atoms with Crippen LogP contribution in [0, 0.1) is 6.92 Å². The molecule has 1 amide bonds. The van der Waals surface area contributed by atoms with Crippen molar-refractivity contribution in [2.75, 3.05) is 55.1 Å². The summed E-state index contributed by atoms with van der Waals surface area (Å²) in [6.07, 6.45) is 1.06. The van der Waals surface area contributed by atoms with Gasteiger partial charge >= 0.3 is 0 Å². The fourth-order valence-corrected chi connectivity index (χ4v) is 6.53. The van der Waals surface area contributed by atoms with Gasteiger partial charge in [0.15, 0.2) is 0 Å². The van der Waals surface area contributed by atoms with E-state index in [4.69, 9.17) is 16.7 Å². The molecule has 5 rings (SSSR count). The van der Waals surface area contributed by atoms with Crippen LogP contribution in [0.1, 0.15) is 23.7 Å². The average molecular weight is 601 g/mol. The zero-order chi connectivity index (χ0) is 29.3. The van der Waals surface area contributed by atoms with Crippen LogP contribution >= 0.6 is 11.6 Å². The number of sulfonamides is 1. The van der Waals surface area contributed by atoms with Gasteiger partial charge in [0, 0.05) is 81.7 Å². The molecule has 10 nitrogen and oxygen atoms in total. The number of aryl methyl sites for hydroxylation is 1. The van der Waals surface area contributed by atoms with Gasteiger partial charge in [0.2, 0.25) is 15.9 Å². The SMILES string of the molecule is CC(=O)N1CCc2c(c(-c3ccc(Cl)c(NS(C)(=O)=O)c3)nn2CC(O)CN2CCN(c3ccccc3C)CC2)C1. The van der Waals surface area contributed by atoms with Crippen molar-refractivity contribution in [3.63, 3.8) is 0 Å². The second-order valence-electron chi connectivity index (χ2n) is 10.9. The Bertz CT molecular complexity index is 1530. The third kappa shape index (κ3) is 6.86. The van der Waals surface area contributed by atoms with Crippen molar-refractivity contribution in [1.82, 2.24) is 19.6 Å². The summed E-state index contributed by atoms with van der Waals surface area (Å²) in [6, 6.07) is 13.5. The summed E-state index contributed by atoms with van der Waals surface area (Å²) in [4.78, 5) is 18.7. The first-order valence-electron chi connectivity index (χ1n) is 13.8. The molecule has 2 N–H and O–H groups in total. The van der Waals surface area contributed by atoms with Crippen LogP contribution in [-0.2, 0) is 34.3 Å². The van der Waals surface area contributed by atoms with Crippen molar-refractivity contribution in [3.05, 3.63) is 64.3 Å².